The van der Waals surface area contributed by atoms with Crippen LogP contribution in [0.3, 0.4) is 0 Å². The van der Waals surface area contributed by atoms with Gasteiger partial charge in [0.25, 0.3) is 0 Å². The first-order valence-corrected chi connectivity index (χ1v) is 9.58. The van der Waals surface area contributed by atoms with Crippen LogP contribution in [0.2, 0.25) is 0 Å². The van der Waals surface area contributed by atoms with Crippen LogP contribution in [0.4, 0.5) is 0 Å². The fourth-order valence-electron chi connectivity index (χ4n) is 2.81. The summed E-state index contributed by atoms with van der Waals surface area (Å²) in [4.78, 5) is 4.15. The molecule has 0 radical (unpaired) electrons. The van der Waals surface area contributed by atoms with E-state index in [-0.39, 0.29) is 35.1 Å². The van der Waals surface area contributed by atoms with E-state index in [4.69, 9.17) is 4.74 Å². The summed E-state index contributed by atoms with van der Waals surface area (Å²) in [5.74, 6) is 0.782. The molecule has 1 aliphatic rings. The Morgan fingerprint density at radius 2 is 1.91 bits per heavy atom. The van der Waals surface area contributed by atoms with Gasteiger partial charge >= 0.3 is 0 Å². The largest absolute Gasteiger partial charge is 0.385 e. The number of nitrogens with one attached hydrogen (secondary N) is 2. The molecule has 0 unspecified atom stereocenters. The number of aliphatic imine (C=N–C) groups is 1. The van der Waals surface area contributed by atoms with Crippen molar-refractivity contribution in [3.8, 4) is 0 Å². The lowest BCUT2D eigenvalue weighted by Gasteiger charge is -2.29. The van der Waals surface area contributed by atoms with Crippen molar-refractivity contribution in [1.82, 2.24) is 10.6 Å². The Morgan fingerprint density at radius 3 is 2.41 bits per heavy atom. The zero-order valence-corrected chi connectivity index (χ0v) is 17.0. The third-order valence-electron chi connectivity index (χ3n) is 4.12. The molecule has 0 amide bonds. The van der Waals surface area contributed by atoms with E-state index >= 15 is 0 Å². The summed E-state index contributed by atoms with van der Waals surface area (Å²) in [6.07, 6.45) is 7.25. The van der Waals surface area contributed by atoms with Gasteiger partial charge in [0.2, 0.25) is 0 Å². The van der Waals surface area contributed by atoms with E-state index in [1.165, 1.54) is 31.9 Å². The molecule has 0 saturated heterocycles. The summed E-state index contributed by atoms with van der Waals surface area (Å²) in [5.41, 5.74) is 0.282. The van der Waals surface area contributed by atoms with E-state index in [1.54, 1.807) is 14.2 Å². The number of hydrogen-bond donors (Lipinski definition) is 2. The zero-order valence-electron chi connectivity index (χ0n) is 13.9. The number of hydrogen-bond acceptors (Lipinski definition) is 4. The molecule has 0 heterocycles. The summed E-state index contributed by atoms with van der Waals surface area (Å²) in [6, 6.07) is 0. The third kappa shape index (κ3) is 8.52. The Bertz CT molecular complexity index is 435. The maximum atomic E-state index is 11.1. The zero-order chi connectivity index (χ0) is 15.8. The molecule has 1 saturated carbocycles. The molecule has 0 spiro atoms. The van der Waals surface area contributed by atoms with Gasteiger partial charge in [0, 0.05) is 40.1 Å². The van der Waals surface area contributed by atoms with Gasteiger partial charge in [-0.3, -0.25) is 4.99 Å². The number of halogens is 1. The fourth-order valence-corrected chi connectivity index (χ4v) is 3.28. The second kappa shape index (κ2) is 10.6. The molecule has 2 N–H and O–H groups in total. The van der Waals surface area contributed by atoms with Gasteiger partial charge in [-0.05, 0) is 24.7 Å². The average Bonchev–Trinajstić information content (AvgIpc) is 2.88. The molecule has 22 heavy (non-hydrogen) atoms. The molecule has 0 bridgehead atoms. The molecule has 0 aromatic carbocycles. The van der Waals surface area contributed by atoms with Crippen LogP contribution in [0.1, 0.15) is 32.1 Å². The predicted octanol–water partition coefficient (Wildman–Crippen LogP) is 1.41. The van der Waals surface area contributed by atoms with Gasteiger partial charge in [0.1, 0.15) is 9.84 Å². The molecule has 0 aromatic heterocycles. The Hall–Kier alpha value is -0.0900. The van der Waals surface area contributed by atoms with Crippen LogP contribution in [0.5, 0.6) is 0 Å². The average molecular weight is 447 g/mol. The Morgan fingerprint density at radius 1 is 1.27 bits per heavy atom. The van der Waals surface area contributed by atoms with Crippen LogP contribution in [-0.4, -0.2) is 60.2 Å². The quantitative estimate of drug-likeness (QED) is 0.334. The molecular formula is C14H30IN3O3S. The molecule has 8 heteroatoms. The van der Waals surface area contributed by atoms with E-state index in [2.05, 4.69) is 15.6 Å². The summed E-state index contributed by atoms with van der Waals surface area (Å²) in [7, 11) is 0.494. The van der Waals surface area contributed by atoms with Crippen LogP contribution in [-0.2, 0) is 14.6 Å². The normalized spacial score (nSPS) is 17.9. The van der Waals surface area contributed by atoms with Crippen molar-refractivity contribution in [2.75, 3.05) is 45.9 Å². The van der Waals surface area contributed by atoms with Crippen molar-refractivity contribution >= 4 is 39.8 Å². The number of rotatable bonds is 8. The summed E-state index contributed by atoms with van der Waals surface area (Å²) in [5, 5.41) is 6.39. The molecule has 1 fully saturated rings. The minimum Gasteiger partial charge on any atom is -0.385 e. The Labute approximate surface area is 151 Å². The number of guanidine groups is 1. The van der Waals surface area contributed by atoms with Crippen molar-refractivity contribution < 1.29 is 13.2 Å². The monoisotopic (exact) mass is 447 g/mol. The van der Waals surface area contributed by atoms with Gasteiger partial charge in [-0.15, -0.1) is 24.0 Å². The molecule has 132 valence electrons. The summed E-state index contributed by atoms with van der Waals surface area (Å²) in [6.45, 7) is 2.01. The fraction of sp³-hybridized carbons (Fsp3) is 0.929. The predicted molar refractivity (Wildman–Crippen MR) is 102 cm³/mol. The summed E-state index contributed by atoms with van der Waals surface area (Å²) < 4.78 is 27.5. The van der Waals surface area contributed by atoms with Crippen molar-refractivity contribution in [1.29, 1.82) is 0 Å². The first kappa shape index (κ1) is 21.9. The number of nitrogens with zero attached hydrogens (tertiary/aromatic N) is 1. The van der Waals surface area contributed by atoms with Crippen LogP contribution >= 0.6 is 24.0 Å². The highest BCUT2D eigenvalue weighted by molar-refractivity contribution is 14.0. The van der Waals surface area contributed by atoms with Crippen LogP contribution < -0.4 is 10.6 Å². The van der Waals surface area contributed by atoms with Crippen molar-refractivity contribution in [3.05, 3.63) is 0 Å². The van der Waals surface area contributed by atoms with Crippen molar-refractivity contribution in [3.63, 3.8) is 0 Å². The minimum atomic E-state index is -2.94. The van der Waals surface area contributed by atoms with Gasteiger partial charge in [-0.1, -0.05) is 12.8 Å². The van der Waals surface area contributed by atoms with Gasteiger partial charge in [0.05, 0.1) is 5.75 Å². The number of ether oxygens (including phenoxy) is 1. The van der Waals surface area contributed by atoms with Crippen molar-refractivity contribution in [2.45, 2.75) is 32.1 Å². The highest BCUT2D eigenvalue weighted by atomic mass is 127. The second-order valence-electron chi connectivity index (χ2n) is 5.93. The number of sulfone groups is 1. The lowest BCUT2D eigenvalue weighted by molar-refractivity contribution is 0.138. The van der Waals surface area contributed by atoms with Gasteiger partial charge in [-0.25, -0.2) is 8.42 Å². The van der Waals surface area contributed by atoms with E-state index in [9.17, 15) is 8.42 Å². The second-order valence-corrected chi connectivity index (χ2v) is 8.19. The van der Waals surface area contributed by atoms with Gasteiger partial charge in [-0.2, -0.15) is 0 Å². The Kier molecular flexibility index (Phi) is 10.6. The standard InChI is InChI=1S/C14H29N3O3S.HI/c1-15-13(16-9-11-21(3,18)19)17-12-14(8-10-20-2)6-4-5-7-14;/h4-12H2,1-3H3,(H2,15,16,17);1H. The van der Waals surface area contributed by atoms with E-state index < -0.39 is 9.84 Å². The third-order valence-corrected chi connectivity index (χ3v) is 5.07. The lowest BCUT2D eigenvalue weighted by atomic mass is 9.83. The first-order chi connectivity index (χ1) is 9.91. The molecule has 0 aliphatic heterocycles. The van der Waals surface area contributed by atoms with E-state index in [0.29, 0.717) is 12.5 Å². The topological polar surface area (TPSA) is 79.8 Å². The van der Waals surface area contributed by atoms with Gasteiger partial charge < -0.3 is 15.4 Å². The molecule has 1 rings (SSSR count). The Balaban J connectivity index is 0.00000441. The molecule has 6 nitrogen and oxygen atoms in total. The minimum absolute atomic E-state index is 0. The van der Waals surface area contributed by atoms with Crippen LogP contribution in [0.25, 0.3) is 0 Å². The maximum Gasteiger partial charge on any atom is 0.191 e. The highest BCUT2D eigenvalue weighted by Gasteiger charge is 2.33. The van der Waals surface area contributed by atoms with E-state index in [0.717, 1.165) is 19.6 Å². The maximum absolute atomic E-state index is 11.1. The molecule has 1 aliphatic carbocycles. The lowest BCUT2D eigenvalue weighted by Crippen LogP contribution is -2.44. The van der Waals surface area contributed by atoms with Crippen molar-refractivity contribution in [2.24, 2.45) is 10.4 Å². The van der Waals surface area contributed by atoms with E-state index in [1.807, 2.05) is 0 Å². The molecular weight excluding hydrogens is 417 g/mol. The molecule has 0 aromatic rings. The number of methoxy groups -OCH3 is 1. The molecule has 0 atom stereocenters. The van der Waals surface area contributed by atoms with Crippen LogP contribution in [0, 0.1) is 5.41 Å². The first-order valence-electron chi connectivity index (χ1n) is 7.52. The van der Waals surface area contributed by atoms with Crippen LogP contribution in [0.15, 0.2) is 4.99 Å². The smallest absolute Gasteiger partial charge is 0.191 e. The summed E-state index contributed by atoms with van der Waals surface area (Å²) >= 11 is 0. The highest BCUT2D eigenvalue weighted by Crippen LogP contribution is 2.40. The van der Waals surface area contributed by atoms with Gasteiger partial charge in [0.15, 0.2) is 5.96 Å². The SMILES string of the molecule is CN=C(NCCS(C)(=O)=O)NCC1(CCOC)CCCC1.I.